The van der Waals surface area contributed by atoms with Crippen molar-refractivity contribution in [3.8, 4) is 0 Å². The van der Waals surface area contributed by atoms with Gasteiger partial charge >= 0.3 is 0 Å². The van der Waals surface area contributed by atoms with E-state index >= 15 is 0 Å². The van der Waals surface area contributed by atoms with Crippen molar-refractivity contribution in [1.29, 1.82) is 0 Å². The minimum atomic E-state index is -3.52. The zero-order chi connectivity index (χ0) is 13.2. The van der Waals surface area contributed by atoms with E-state index in [4.69, 9.17) is 11.6 Å². The molecule has 18 heavy (non-hydrogen) atoms. The predicted molar refractivity (Wildman–Crippen MR) is 75.8 cm³/mol. The third-order valence-corrected chi connectivity index (χ3v) is 5.39. The number of rotatable bonds is 4. The maximum atomic E-state index is 12.1. The van der Waals surface area contributed by atoms with Gasteiger partial charge in [-0.25, -0.2) is 8.42 Å². The van der Waals surface area contributed by atoms with Gasteiger partial charge in [0.2, 0.25) is 0 Å². The van der Waals surface area contributed by atoms with E-state index in [1.807, 2.05) is 12.1 Å². The zero-order valence-corrected chi connectivity index (χ0v) is 12.0. The molecule has 6 heteroatoms. The van der Waals surface area contributed by atoms with Crippen molar-refractivity contribution in [2.45, 2.75) is 16.5 Å². The molecular formula is C12H12ClNO2S2. The molecule has 3 nitrogen and oxygen atoms in total. The highest BCUT2D eigenvalue weighted by Gasteiger charge is 2.17. The molecule has 96 valence electrons. The summed E-state index contributed by atoms with van der Waals surface area (Å²) in [6, 6.07) is 10.4. The van der Waals surface area contributed by atoms with E-state index in [0.29, 0.717) is 9.90 Å². The molecule has 2 rings (SSSR count). The second-order valence-corrected chi connectivity index (χ2v) is 7.25. The fourth-order valence-electron chi connectivity index (χ4n) is 1.55. The lowest BCUT2D eigenvalue weighted by Crippen LogP contribution is -2.13. The highest BCUT2D eigenvalue weighted by Crippen LogP contribution is 2.29. The molecule has 1 heterocycles. The summed E-state index contributed by atoms with van der Waals surface area (Å²) in [4.78, 5) is 0. The molecule has 0 spiro atoms. The SMILES string of the molecule is CC(Cl)c1ccccc1NS(=O)(=O)c1cccs1. The molecule has 1 aromatic heterocycles. The maximum absolute atomic E-state index is 12.1. The molecule has 2 aromatic rings. The van der Waals surface area contributed by atoms with Crippen LogP contribution >= 0.6 is 22.9 Å². The third kappa shape index (κ3) is 2.85. The average Bonchev–Trinajstić information content (AvgIpc) is 2.83. The van der Waals surface area contributed by atoms with E-state index in [2.05, 4.69) is 4.72 Å². The zero-order valence-electron chi connectivity index (χ0n) is 9.63. The van der Waals surface area contributed by atoms with E-state index in [0.717, 1.165) is 5.56 Å². The van der Waals surface area contributed by atoms with Gasteiger partial charge in [0.05, 0.1) is 11.1 Å². The highest BCUT2D eigenvalue weighted by molar-refractivity contribution is 7.94. The van der Waals surface area contributed by atoms with Gasteiger partial charge in [-0.05, 0) is 30.0 Å². The summed E-state index contributed by atoms with van der Waals surface area (Å²) in [5.74, 6) is 0. The van der Waals surface area contributed by atoms with Crippen LogP contribution in [0.1, 0.15) is 17.9 Å². The van der Waals surface area contributed by atoms with Crippen LogP contribution in [0.5, 0.6) is 0 Å². The van der Waals surface area contributed by atoms with Gasteiger partial charge in [0, 0.05) is 0 Å². The largest absolute Gasteiger partial charge is 0.279 e. The van der Waals surface area contributed by atoms with Gasteiger partial charge in [-0.1, -0.05) is 24.3 Å². The van der Waals surface area contributed by atoms with Crippen molar-refractivity contribution in [2.24, 2.45) is 0 Å². The Kier molecular flexibility index (Phi) is 3.94. The van der Waals surface area contributed by atoms with Crippen LogP contribution < -0.4 is 4.72 Å². The third-order valence-electron chi connectivity index (χ3n) is 2.39. The number of halogens is 1. The van der Waals surface area contributed by atoms with Crippen molar-refractivity contribution in [1.82, 2.24) is 0 Å². The van der Waals surface area contributed by atoms with Crippen LogP contribution in [0.15, 0.2) is 46.0 Å². The standard InChI is InChI=1S/C12H12ClNO2S2/c1-9(13)10-5-2-3-6-11(10)14-18(15,16)12-7-4-8-17-12/h2-9,14H,1H3. The number of sulfonamides is 1. The number of alkyl halides is 1. The van der Waals surface area contributed by atoms with Gasteiger partial charge in [-0.2, -0.15) is 0 Å². The monoisotopic (exact) mass is 301 g/mol. The number of benzene rings is 1. The highest BCUT2D eigenvalue weighted by atomic mass is 35.5. The fraction of sp³-hybridized carbons (Fsp3) is 0.167. The summed E-state index contributed by atoms with van der Waals surface area (Å²) in [6.07, 6.45) is 0. The van der Waals surface area contributed by atoms with Gasteiger partial charge in [0.25, 0.3) is 10.0 Å². The topological polar surface area (TPSA) is 46.2 Å². The van der Waals surface area contributed by atoms with Crippen LogP contribution in [0.4, 0.5) is 5.69 Å². The quantitative estimate of drug-likeness (QED) is 0.872. The molecular weight excluding hydrogens is 290 g/mol. The van der Waals surface area contributed by atoms with Gasteiger partial charge < -0.3 is 0 Å². The number of hydrogen-bond acceptors (Lipinski definition) is 3. The van der Waals surface area contributed by atoms with Crippen molar-refractivity contribution >= 4 is 38.6 Å². The molecule has 0 aliphatic carbocycles. The van der Waals surface area contributed by atoms with Crippen LogP contribution in [0.2, 0.25) is 0 Å². The Morgan fingerprint density at radius 1 is 1.22 bits per heavy atom. The first kappa shape index (κ1) is 13.4. The number of anilines is 1. The normalized spacial score (nSPS) is 13.2. The molecule has 1 aromatic carbocycles. The average molecular weight is 302 g/mol. The lowest BCUT2D eigenvalue weighted by molar-refractivity contribution is 0.603. The summed E-state index contributed by atoms with van der Waals surface area (Å²) in [5, 5.41) is 1.47. The lowest BCUT2D eigenvalue weighted by atomic mass is 10.1. The van der Waals surface area contributed by atoms with E-state index in [-0.39, 0.29) is 5.38 Å². The molecule has 0 fully saturated rings. The second-order valence-electron chi connectivity index (χ2n) is 3.74. The van der Waals surface area contributed by atoms with Crippen LogP contribution in [0.3, 0.4) is 0 Å². The van der Waals surface area contributed by atoms with Crippen LogP contribution in [0, 0.1) is 0 Å². The Labute approximate surface area is 115 Å². The summed E-state index contributed by atoms with van der Waals surface area (Å²) in [7, 11) is -3.52. The second kappa shape index (κ2) is 5.30. The van der Waals surface area contributed by atoms with E-state index in [1.54, 1.807) is 36.6 Å². The molecule has 0 aliphatic heterocycles. The Morgan fingerprint density at radius 3 is 2.56 bits per heavy atom. The lowest BCUT2D eigenvalue weighted by Gasteiger charge is -2.12. The van der Waals surface area contributed by atoms with Gasteiger partial charge in [0.1, 0.15) is 4.21 Å². The van der Waals surface area contributed by atoms with E-state index < -0.39 is 10.0 Å². The van der Waals surface area contributed by atoms with Crippen molar-refractivity contribution < 1.29 is 8.42 Å². The van der Waals surface area contributed by atoms with Gasteiger partial charge in [-0.3, -0.25) is 4.72 Å². The predicted octanol–water partition coefficient (Wildman–Crippen LogP) is 3.85. The molecule has 1 N–H and O–H groups in total. The smallest absolute Gasteiger partial charge is 0.271 e. The van der Waals surface area contributed by atoms with Crippen LogP contribution in [-0.4, -0.2) is 8.42 Å². The van der Waals surface area contributed by atoms with Crippen LogP contribution in [-0.2, 0) is 10.0 Å². The van der Waals surface area contributed by atoms with Gasteiger partial charge in [0.15, 0.2) is 0 Å². The minimum absolute atomic E-state index is 0.257. The maximum Gasteiger partial charge on any atom is 0.271 e. The first-order chi connectivity index (χ1) is 8.50. The fourth-order valence-corrected chi connectivity index (χ4v) is 3.82. The van der Waals surface area contributed by atoms with Crippen LogP contribution in [0.25, 0.3) is 0 Å². The molecule has 0 bridgehead atoms. The molecule has 0 saturated heterocycles. The number of para-hydroxylation sites is 1. The Morgan fingerprint density at radius 2 is 1.94 bits per heavy atom. The van der Waals surface area contributed by atoms with E-state index in [1.165, 1.54) is 11.3 Å². The first-order valence-electron chi connectivity index (χ1n) is 5.30. The number of thiophene rings is 1. The molecule has 0 aliphatic rings. The molecule has 0 radical (unpaired) electrons. The Balaban J connectivity index is 2.36. The summed E-state index contributed by atoms with van der Waals surface area (Å²) < 4.78 is 27.0. The van der Waals surface area contributed by atoms with Gasteiger partial charge in [-0.15, -0.1) is 22.9 Å². The number of nitrogens with one attached hydrogen (secondary N) is 1. The summed E-state index contributed by atoms with van der Waals surface area (Å²) in [6.45, 7) is 1.81. The Hall–Kier alpha value is -1.04. The van der Waals surface area contributed by atoms with Crippen molar-refractivity contribution in [3.05, 3.63) is 47.3 Å². The molecule has 0 saturated carbocycles. The Bertz CT molecular complexity index is 621. The molecule has 1 atom stereocenters. The van der Waals surface area contributed by atoms with Crippen molar-refractivity contribution in [2.75, 3.05) is 4.72 Å². The minimum Gasteiger partial charge on any atom is -0.279 e. The number of hydrogen-bond donors (Lipinski definition) is 1. The first-order valence-corrected chi connectivity index (χ1v) is 8.10. The molecule has 0 amide bonds. The van der Waals surface area contributed by atoms with E-state index in [9.17, 15) is 8.42 Å². The van der Waals surface area contributed by atoms with Crippen molar-refractivity contribution in [3.63, 3.8) is 0 Å². The summed E-state index contributed by atoms with van der Waals surface area (Å²) in [5.41, 5.74) is 1.28. The molecule has 1 unspecified atom stereocenters. The summed E-state index contributed by atoms with van der Waals surface area (Å²) >= 11 is 7.21.